The third kappa shape index (κ3) is 2.16. The molecule has 14 heavy (non-hydrogen) atoms. The number of aromatic hydroxyl groups is 1. The molecule has 0 saturated carbocycles. The first kappa shape index (κ1) is 10.8. The maximum absolute atomic E-state index is 9.46. The molecule has 0 aliphatic heterocycles. The summed E-state index contributed by atoms with van der Waals surface area (Å²) < 4.78 is 4.89. The quantitative estimate of drug-likeness (QED) is 0.669. The van der Waals surface area contributed by atoms with Crippen molar-refractivity contribution in [3.05, 3.63) is 23.8 Å². The highest BCUT2D eigenvalue weighted by molar-refractivity contribution is 5.42. The highest BCUT2D eigenvalue weighted by Gasteiger charge is 2.13. The molecule has 0 heterocycles. The summed E-state index contributed by atoms with van der Waals surface area (Å²) >= 11 is 0. The van der Waals surface area contributed by atoms with E-state index in [0.29, 0.717) is 11.3 Å². The van der Waals surface area contributed by atoms with Crippen LogP contribution in [-0.2, 0) is 0 Å². The summed E-state index contributed by atoms with van der Waals surface area (Å²) in [5, 5.41) is 18.7. The first-order valence-electron chi connectivity index (χ1n) is 4.36. The summed E-state index contributed by atoms with van der Waals surface area (Å²) in [6, 6.07) is 4.34. The molecule has 4 N–H and O–H groups in total. The van der Waals surface area contributed by atoms with Crippen LogP contribution in [-0.4, -0.2) is 23.4 Å². The zero-order chi connectivity index (χ0) is 10.7. The zero-order valence-corrected chi connectivity index (χ0v) is 8.27. The number of nitrogens with two attached hydrogens (primary N) is 1. The van der Waals surface area contributed by atoms with Crippen molar-refractivity contribution in [2.45, 2.75) is 19.1 Å². The van der Waals surface area contributed by atoms with Gasteiger partial charge in [0.05, 0.1) is 19.3 Å². The van der Waals surface area contributed by atoms with Crippen LogP contribution in [0, 0.1) is 0 Å². The number of aliphatic hydroxyl groups is 1. The van der Waals surface area contributed by atoms with Gasteiger partial charge in [0.1, 0.15) is 0 Å². The van der Waals surface area contributed by atoms with Crippen LogP contribution in [0.1, 0.15) is 18.5 Å². The summed E-state index contributed by atoms with van der Waals surface area (Å²) in [4.78, 5) is 0. The van der Waals surface area contributed by atoms with Crippen molar-refractivity contribution < 1.29 is 14.9 Å². The van der Waals surface area contributed by atoms with Crippen LogP contribution in [0.4, 0.5) is 0 Å². The van der Waals surface area contributed by atoms with Crippen LogP contribution in [0.3, 0.4) is 0 Å². The van der Waals surface area contributed by atoms with Gasteiger partial charge in [0.15, 0.2) is 11.5 Å². The SMILES string of the molecule is COc1ccc([C@@H](N)[C@H](C)O)cc1O. The second-order valence-corrected chi connectivity index (χ2v) is 3.20. The molecule has 78 valence electrons. The molecule has 0 saturated heterocycles. The number of hydrogen-bond donors (Lipinski definition) is 3. The molecule has 4 heteroatoms. The maximum atomic E-state index is 9.46. The minimum absolute atomic E-state index is 0.0288. The van der Waals surface area contributed by atoms with E-state index < -0.39 is 12.1 Å². The third-order valence-corrected chi connectivity index (χ3v) is 2.11. The van der Waals surface area contributed by atoms with Gasteiger partial charge >= 0.3 is 0 Å². The summed E-state index contributed by atoms with van der Waals surface area (Å²) in [6.07, 6.45) is -0.650. The molecule has 2 atom stereocenters. The second kappa shape index (κ2) is 4.30. The molecular weight excluding hydrogens is 182 g/mol. The van der Waals surface area contributed by atoms with Crippen molar-refractivity contribution in [2.24, 2.45) is 5.73 Å². The molecule has 4 nitrogen and oxygen atoms in total. The number of phenols is 1. The summed E-state index contributed by atoms with van der Waals surface area (Å²) in [6.45, 7) is 1.60. The van der Waals surface area contributed by atoms with E-state index in [-0.39, 0.29) is 5.75 Å². The van der Waals surface area contributed by atoms with E-state index in [9.17, 15) is 10.2 Å². The number of rotatable bonds is 3. The monoisotopic (exact) mass is 197 g/mol. The number of ether oxygens (including phenoxy) is 1. The van der Waals surface area contributed by atoms with E-state index in [4.69, 9.17) is 10.5 Å². The number of methoxy groups -OCH3 is 1. The van der Waals surface area contributed by atoms with Gasteiger partial charge in [0.2, 0.25) is 0 Å². The molecule has 1 rings (SSSR count). The Morgan fingerprint density at radius 2 is 2.07 bits per heavy atom. The van der Waals surface area contributed by atoms with Gasteiger partial charge in [0, 0.05) is 0 Å². The molecular formula is C10H15NO3. The maximum Gasteiger partial charge on any atom is 0.160 e. The van der Waals surface area contributed by atoms with Crippen LogP contribution in [0.25, 0.3) is 0 Å². The number of benzene rings is 1. The molecule has 0 aliphatic carbocycles. The van der Waals surface area contributed by atoms with Crippen LogP contribution in [0.5, 0.6) is 11.5 Å². The predicted molar refractivity (Wildman–Crippen MR) is 53.3 cm³/mol. The van der Waals surface area contributed by atoms with Gasteiger partial charge in [-0.25, -0.2) is 0 Å². The Bertz CT molecular complexity index is 312. The van der Waals surface area contributed by atoms with E-state index in [2.05, 4.69) is 0 Å². The van der Waals surface area contributed by atoms with Crippen molar-refractivity contribution in [3.8, 4) is 11.5 Å². The van der Waals surface area contributed by atoms with Gasteiger partial charge < -0.3 is 20.7 Å². The third-order valence-electron chi connectivity index (χ3n) is 2.11. The van der Waals surface area contributed by atoms with E-state index in [1.54, 1.807) is 19.1 Å². The molecule has 0 unspecified atom stereocenters. The Morgan fingerprint density at radius 1 is 1.43 bits per heavy atom. The lowest BCUT2D eigenvalue weighted by Gasteiger charge is -2.15. The van der Waals surface area contributed by atoms with E-state index in [1.165, 1.54) is 13.2 Å². The molecule has 1 aromatic rings. The minimum atomic E-state index is -0.650. The minimum Gasteiger partial charge on any atom is -0.504 e. The lowest BCUT2D eigenvalue weighted by molar-refractivity contribution is 0.164. The van der Waals surface area contributed by atoms with Crippen molar-refractivity contribution in [3.63, 3.8) is 0 Å². The van der Waals surface area contributed by atoms with Crippen LogP contribution in [0.2, 0.25) is 0 Å². The van der Waals surface area contributed by atoms with Crippen molar-refractivity contribution in [1.82, 2.24) is 0 Å². The topological polar surface area (TPSA) is 75.7 Å². The van der Waals surface area contributed by atoms with Crippen LogP contribution in [0.15, 0.2) is 18.2 Å². The van der Waals surface area contributed by atoms with E-state index in [0.717, 1.165) is 0 Å². The van der Waals surface area contributed by atoms with Gasteiger partial charge in [-0.2, -0.15) is 0 Å². The van der Waals surface area contributed by atoms with Gasteiger partial charge in [-0.1, -0.05) is 6.07 Å². The fourth-order valence-electron chi connectivity index (χ4n) is 1.19. The van der Waals surface area contributed by atoms with Gasteiger partial charge in [0.25, 0.3) is 0 Å². The summed E-state index contributed by atoms with van der Waals surface area (Å²) in [5.41, 5.74) is 6.38. The fourth-order valence-corrected chi connectivity index (χ4v) is 1.19. The summed E-state index contributed by atoms with van der Waals surface area (Å²) in [5.74, 6) is 0.424. The smallest absolute Gasteiger partial charge is 0.160 e. The molecule has 0 spiro atoms. The molecule has 0 aromatic heterocycles. The molecule has 1 aromatic carbocycles. The van der Waals surface area contributed by atoms with Crippen LogP contribution < -0.4 is 10.5 Å². The lowest BCUT2D eigenvalue weighted by atomic mass is 10.0. The zero-order valence-electron chi connectivity index (χ0n) is 8.27. The largest absolute Gasteiger partial charge is 0.504 e. The highest BCUT2D eigenvalue weighted by atomic mass is 16.5. The Kier molecular flexibility index (Phi) is 3.33. The van der Waals surface area contributed by atoms with Gasteiger partial charge in [-0.3, -0.25) is 0 Å². The summed E-state index contributed by atoms with van der Waals surface area (Å²) in [7, 11) is 1.48. The van der Waals surface area contributed by atoms with Crippen molar-refractivity contribution in [2.75, 3.05) is 7.11 Å². The van der Waals surface area contributed by atoms with Gasteiger partial charge in [-0.05, 0) is 24.6 Å². The standard InChI is InChI=1S/C10H15NO3/c1-6(12)10(11)7-3-4-9(14-2)8(13)5-7/h3-6,10,12-13H,11H2,1-2H3/t6-,10-/m0/s1. The Balaban J connectivity index is 2.96. The molecule has 0 bridgehead atoms. The molecule has 0 radical (unpaired) electrons. The lowest BCUT2D eigenvalue weighted by Crippen LogP contribution is -2.22. The van der Waals surface area contributed by atoms with Gasteiger partial charge in [-0.15, -0.1) is 0 Å². The first-order chi connectivity index (χ1) is 6.56. The Morgan fingerprint density at radius 3 is 2.50 bits per heavy atom. The number of hydrogen-bond acceptors (Lipinski definition) is 4. The molecule has 0 amide bonds. The van der Waals surface area contributed by atoms with Crippen LogP contribution >= 0.6 is 0 Å². The first-order valence-corrected chi connectivity index (χ1v) is 4.36. The number of phenolic OH excluding ortho intramolecular Hbond substituents is 1. The predicted octanol–water partition coefficient (Wildman–Crippen LogP) is 0.781. The highest BCUT2D eigenvalue weighted by Crippen LogP contribution is 2.28. The number of aliphatic hydroxyl groups excluding tert-OH is 1. The second-order valence-electron chi connectivity index (χ2n) is 3.20. The van der Waals surface area contributed by atoms with Crippen molar-refractivity contribution in [1.29, 1.82) is 0 Å². The average Bonchev–Trinajstić information content (AvgIpc) is 2.16. The Hall–Kier alpha value is -1.26. The molecule has 0 aliphatic rings. The molecule has 0 fully saturated rings. The fraction of sp³-hybridized carbons (Fsp3) is 0.400. The Labute approximate surface area is 82.9 Å². The van der Waals surface area contributed by atoms with E-state index in [1.807, 2.05) is 0 Å². The van der Waals surface area contributed by atoms with E-state index >= 15 is 0 Å². The van der Waals surface area contributed by atoms with Crippen molar-refractivity contribution >= 4 is 0 Å². The normalized spacial score (nSPS) is 14.9. The average molecular weight is 197 g/mol.